The predicted octanol–water partition coefficient (Wildman–Crippen LogP) is 3.28. The van der Waals surface area contributed by atoms with E-state index in [2.05, 4.69) is 0 Å². The van der Waals surface area contributed by atoms with E-state index in [1.54, 1.807) is 24.3 Å². The first-order chi connectivity index (χ1) is 9.52. The van der Waals surface area contributed by atoms with Gasteiger partial charge in [-0.15, -0.1) is 0 Å². The lowest BCUT2D eigenvalue weighted by atomic mass is 10.1. The zero-order valence-corrected chi connectivity index (χ0v) is 11.5. The molecule has 5 nitrogen and oxygen atoms in total. The fourth-order valence-electron chi connectivity index (χ4n) is 1.51. The van der Waals surface area contributed by atoms with Gasteiger partial charge in [0.15, 0.2) is 0 Å². The normalized spacial score (nSPS) is 9.40. The van der Waals surface area contributed by atoms with E-state index in [1.165, 1.54) is 0 Å². The van der Waals surface area contributed by atoms with Crippen LogP contribution in [0, 0.1) is 0 Å². The first-order valence-corrected chi connectivity index (χ1v) is 6.70. The summed E-state index contributed by atoms with van der Waals surface area (Å²) < 4.78 is 0. The van der Waals surface area contributed by atoms with Crippen molar-refractivity contribution in [1.29, 1.82) is 0 Å². The molecule has 0 saturated heterocycles. The van der Waals surface area contributed by atoms with Crippen LogP contribution in [-0.4, -0.2) is 27.3 Å². The van der Waals surface area contributed by atoms with Crippen LogP contribution < -0.4 is 0 Å². The Hall–Kier alpha value is -2.04. The number of aromatic hydroxyl groups is 1. The van der Waals surface area contributed by atoms with E-state index in [-0.39, 0.29) is 12.8 Å². The van der Waals surface area contributed by atoms with Gasteiger partial charge in [-0.25, -0.2) is 0 Å². The molecule has 112 valence electrons. The smallest absolute Gasteiger partial charge is 0.303 e. The number of phenols is 1. The highest BCUT2D eigenvalue weighted by Gasteiger charge is 1.98. The van der Waals surface area contributed by atoms with E-state index in [1.807, 2.05) is 6.07 Å². The lowest BCUT2D eigenvalue weighted by molar-refractivity contribution is -0.138. The summed E-state index contributed by atoms with van der Waals surface area (Å²) in [6.07, 6.45) is 4.53. The van der Waals surface area contributed by atoms with Crippen molar-refractivity contribution in [2.24, 2.45) is 0 Å². The Morgan fingerprint density at radius 1 is 0.750 bits per heavy atom. The van der Waals surface area contributed by atoms with Gasteiger partial charge in [-0.3, -0.25) is 9.59 Å². The van der Waals surface area contributed by atoms with Crippen LogP contribution in [0.1, 0.15) is 44.9 Å². The molecule has 1 aromatic carbocycles. The van der Waals surface area contributed by atoms with Crippen molar-refractivity contribution in [3.63, 3.8) is 0 Å². The number of phenolic OH excluding ortho intramolecular Hbond substituents is 1. The molecule has 3 N–H and O–H groups in total. The summed E-state index contributed by atoms with van der Waals surface area (Å²) in [6.45, 7) is 0. The summed E-state index contributed by atoms with van der Waals surface area (Å²) in [4.78, 5) is 20.2. The van der Waals surface area contributed by atoms with Crippen LogP contribution in [0.4, 0.5) is 0 Å². The molecule has 5 heteroatoms. The molecule has 0 saturated carbocycles. The SMILES string of the molecule is O=C(O)CCCCCCCC(=O)O.Oc1ccccc1. The number of carboxylic acid groups (broad SMARTS) is 2. The summed E-state index contributed by atoms with van der Waals surface area (Å²) >= 11 is 0. The standard InChI is InChI=1S/C9H16O4.C6H6O/c10-8(11)6-4-2-1-3-5-7-9(12)13;7-6-4-2-1-3-5-6/h1-7H2,(H,10,11)(H,12,13);1-5,7H. The molecule has 0 bridgehead atoms. The average Bonchev–Trinajstić information content (AvgIpc) is 2.38. The van der Waals surface area contributed by atoms with Crippen molar-refractivity contribution in [3.8, 4) is 5.75 Å². The molecule has 0 radical (unpaired) electrons. The van der Waals surface area contributed by atoms with Crippen molar-refractivity contribution in [1.82, 2.24) is 0 Å². The first-order valence-electron chi connectivity index (χ1n) is 6.70. The molecule has 0 heterocycles. The lowest BCUT2D eigenvalue weighted by Gasteiger charge is -1.97. The summed E-state index contributed by atoms with van der Waals surface area (Å²) in [5, 5.41) is 25.3. The molecule has 0 atom stereocenters. The maximum atomic E-state index is 10.1. The van der Waals surface area contributed by atoms with E-state index in [0.29, 0.717) is 18.6 Å². The van der Waals surface area contributed by atoms with Crippen LogP contribution >= 0.6 is 0 Å². The van der Waals surface area contributed by atoms with Crippen LogP contribution in [0.3, 0.4) is 0 Å². The van der Waals surface area contributed by atoms with Gasteiger partial charge >= 0.3 is 11.9 Å². The molecule has 0 aromatic heterocycles. The number of aliphatic carboxylic acids is 2. The van der Waals surface area contributed by atoms with Gasteiger partial charge in [0, 0.05) is 12.8 Å². The van der Waals surface area contributed by atoms with E-state index in [0.717, 1.165) is 19.3 Å². The Labute approximate surface area is 118 Å². The highest BCUT2D eigenvalue weighted by Crippen LogP contribution is 2.06. The molecule has 1 rings (SSSR count). The number of hydrogen-bond acceptors (Lipinski definition) is 3. The second-order valence-corrected chi connectivity index (χ2v) is 4.39. The fraction of sp³-hybridized carbons (Fsp3) is 0.467. The summed E-state index contributed by atoms with van der Waals surface area (Å²) in [5.74, 6) is -1.20. The lowest BCUT2D eigenvalue weighted by Crippen LogP contribution is -1.95. The molecular weight excluding hydrogens is 260 g/mol. The molecule has 0 amide bonds. The Morgan fingerprint density at radius 2 is 1.15 bits per heavy atom. The first kappa shape index (κ1) is 18.0. The van der Waals surface area contributed by atoms with Crippen molar-refractivity contribution in [3.05, 3.63) is 30.3 Å². The predicted molar refractivity (Wildman–Crippen MR) is 75.7 cm³/mol. The Kier molecular flexibility index (Phi) is 10.8. The van der Waals surface area contributed by atoms with Gasteiger partial charge in [0.05, 0.1) is 0 Å². The second-order valence-electron chi connectivity index (χ2n) is 4.39. The summed E-state index contributed by atoms with van der Waals surface area (Å²) in [7, 11) is 0. The number of para-hydroxylation sites is 1. The van der Waals surface area contributed by atoms with Crippen molar-refractivity contribution in [2.75, 3.05) is 0 Å². The van der Waals surface area contributed by atoms with Crippen LogP contribution in [0.2, 0.25) is 0 Å². The quantitative estimate of drug-likeness (QED) is 0.636. The molecule has 0 fully saturated rings. The molecule has 1 aromatic rings. The highest BCUT2D eigenvalue weighted by molar-refractivity contribution is 5.66. The largest absolute Gasteiger partial charge is 0.508 e. The van der Waals surface area contributed by atoms with Gasteiger partial charge < -0.3 is 15.3 Å². The fourth-order valence-corrected chi connectivity index (χ4v) is 1.51. The third-order valence-corrected chi connectivity index (χ3v) is 2.54. The van der Waals surface area contributed by atoms with Crippen molar-refractivity contribution < 1.29 is 24.9 Å². The highest BCUT2D eigenvalue weighted by atomic mass is 16.4. The molecule has 20 heavy (non-hydrogen) atoms. The van der Waals surface area contributed by atoms with Crippen LogP contribution in [-0.2, 0) is 9.59 Å². The average molecular weight is 282 g/mol. The minimum atomic E-state index is -0.759. The zero-order chi connectivity index (χ0) is 15.2. The summed E-state index contributed by atoms with van der Waals surface area (Å²) in [6, 6.07) is 8.71. The van der Waals surface area contributed by atoms with E-state index < -0.39 is 11.9 Å². The number of carboxylic acids is 2. The van der Waals surface area contributed by atoms with E-state index in [4.69, 9.17) is 15.3 Å². The van der Waals surface area contributed by atoms with E-state index in [9.17, 15) is 9.59 Å². The van der Waals surface area contributed by atoms with Crippen LogP contribution in [0.25, 0.3) is 0 Å². The van der Waals surface area contributed by atoms with Gasteiger partial charge in [0.1, 0.15) is 5.75 Å². The van der Waals surface area contributed by atoms with Gasteiger partial charge in [-0.05, 0) is 25.0 Å². The van der Waals surface area contributed by atoms with Crippen LogP contribution in [0.5, 0.6) is 5.75 Å². The third-order valence-electron chi connectivity index (χ3n) is 2.54. The minimum Gasteiger partial charge on any atom is -0.508 e. The molecule has 0 unspecified atom stereocenters. The van der Waals surface area contributed by atoms with Gasteiger partial charge in [-0.2, -0.15) is 0 Å². The molecule has 0 spiro atoms. The number of benzene rings is 1. The maximum Gasteiger partial charge on any atom is 0.303 e. The number of rotatable bonds is 8. The molecule has 0 aliphatic carbocycles. The van der Waals surface area contributed by atoms with Crippen molar-refractivity contribution in [2.45, 2.75) is 44.9 Å². The van der Waals surface area contributed by atoms with Crippen LogP contribution in [0.15, 0.2) is 30.3 Å². The number of unbranched alkanes of at least 4 members (excludes halogenated alkanes) is 4. The maximum absolute atomic E-state index is 10.1. The minimum absolute atomic E-state index is 0.221. The molecule has 0 aliphatic heterocycles. The summed E-state index contributed by atoms with van der Waals surface area (Å²) in [5.41, 5.74) is 0. The number of carbonyl (C=O) groups is 2. The number of hydrogen-bond donors (Lipinski definition) is 3. The van der Waals surface area contributed by atoms with Gasteiger partial charge in [0.25, 0.3) is 0 Å². The van der Waals surface area contributed by atoms with E-state index >= 15 is 0 Å². The Bertz CT molecular complexity index is 357. The zero-order valence-electron chi connectivity index (χ0n) is 11.5. The van der Waals surface area contributed by atoms with Gasteiger partial charge in [0.2, 0.25) is 0 Å². The third kappa shape index (κ3) is 14.0. The monoisotopic (exact) mass is 282 g/mol. The topological polar surface area (TPSA) is 94.8 Å². The molecule has 0 aliphatic rings. The molecular formula is C15H22O5. The second kappa shape index (κ2) is 12.0. The van der Waals surface area contributed by atoms with Gasteiger partial charge in [-0.1, -0.05) is 37.5 Å². The Morgan fingerprint density at radius 3 is 1.45 bits per heavy atom. The van der Waals surface area contributed by atoms with Crippen molar-refractivity contribution >= 4 is 11.9 Å². The Balaban J connectivity index is 0.000000428.